The van der Waals surface area contributed by atoms with Gasteiger partial charge < -0.3 is 11.5 Å². The SMILES string of the molecule is Nc1nc(-c2nn(Cc3cccnc3)c3cc(F)ccc23)nc(N)c1/N=N/c1ccccc1. The standard InChI is InChI=1S/C23H18FN9/c24-15-8-9-17-18(11-15)33(13-14-5-4-10-27-12-14)32-19(17)23-28-21(25)20(22(26)29-23)31-30-16-6-2-1-3-7-16/h1-12H,13H2,(H4,25,26,28,29)/b31-30+. The molecule has 0 atom stereocenters. The number of halogens is 1. The van der Waals surface area contributed by atoms with Gasteiger partial charge in [-0.05, 0) is 42.0 Å². The molecule has 0 spiro atoms. The molecule has 0 bridgehead atoms. The Hall–Kier alpha value is -4.73. The molecule has 3 aromatic heterocycles. The number of aromatic nitrogens is 5. The highest BCUT2D eigenvalue weighted by atomic mass is 19.1. The number of nitrogen functional groups attached to an aromatic ring is 2. The van der Waals surface area contributed by atoms with E-state index in [2.05, 4.69) is 30.3 Å². The number of fused-ring (bicyclic) bond motifs is 1. The molecule has 3 heterocycles. The van der Waals surface area contributed by atoms with Gasteiger partial charge in [0, 0.05) is 17.8 Å². The zero-order chi connectivity index (χ0) is 22.8. The first-order valence-corrected chi connectivity index (χ1v) is 10.0. The Labute approximate surface area is 187 Å². The van der Waals surface area contributed by atoms with Crippen LogP contribution < -0.4 is 11.5 Å². The van der Waals surface area contributed by atoms with Crippen molar-refractivity contribution in [1.29, 1.82) is 0 Å². The summed E-state index contributed by atoms with van der Waals surface area (Å²) >= 11 is 0. The minimum Gasteiger partial charge on any atom is -0.382 e. The maximum absolute atomic E-state index is 14.0. The van der Waals surface area contributed by atoms with E-state index in [1.165, 1.54) is 12.1 Å². The van der Waals surface area contributed by atoms with Crippen molar-refractivity contribution in [2.45, 2.75) is 6.54 Å². The molecular formula is C23H18FN9. The minimum absolute atomic E-state index is 0.0641. The average Bonchev–Trinajstić information content (AvgIpc) is 3.17. The van der Waals surface area contributed by atoms with Crippen LogP contribution >= 0.6 is 0 Å². The molecule has 10 heteroatoms. The van der Waals surface area contributed by atoms with E-state index in [1.807, 2.05) is 30.3 Å². The molecule has 0 aliphatic carbocycles. The van der Waals surface area contributed by atoms with Crippen molar-refractivity contribution in [1.82, 2.24) is 24.7 Å². The van der Waals surface area contributed by atoms with Crippen LogP contribution in [0, 0.1) is 5.82 Å². The lowest BCUT2D eigenvalue weighted by Crippen LogP contribution is -2.04. The zero-order valence-corrected chi connectivity index (χ0v) is 17.3. The number of rotatable bonds is 5. The summed E-state index contributed by atoms with van der Waals surface area (Å²) in [6, 6.07) is 17.3. The average molecular weight is 439 g/mol. The number of nitrogens with zero attached hydrogens (tertiary/aromatic N) is 7. The normalized spacial score (nSPS) is 11.4. The first-order chi connectivity index (χ1) is 16.1. The predicted molar refractivity (Wildman–Crippen MR) is 123 cm³/mol. The minimum atomic E-state index is -0.377. The Morgan fingerprint density at radius 1 is 0.909 bits per heavy atom. The molecule has 4 N–H and O–H groups in total. The van der Waals surface area contributed by atoms with Gasteiger partial charge in [0.2, 0.25) is 0 Å². The summed E-state index contributed by atoms with van der Waals surface area (Å²) in [7, 11) is 0. The lowest BCUT2D eigenvalue weighted by Gasteiger charge is -2.05. The summed E-state index contributed by atoms with van der Waals surface area (Å²) in [6.07, 6.45) is 3.41. The second kappa shape index (κ2) is 8.42. The fraction of sp³-hybridized carbons (Fsp3) is 0.0435. The number of benzene rings is 2. The van der Waals surface area contributed by atoms with Gasteiger partial charge in [0.1, 0.15) is 11.5 Å². The molecule has 0 unspecified atom stereocenters. The molecule has 9 nitrogen and oxygen atoms in total. The van der Waals surface area contributed by atoms with Crippen LogP contribution in [0.15, 0.2) is 83.3 Å². The largest absolute Gasteiger partial charge is 0.382 e. The Morgan fingerprint density at radius 2 is 1.70 bits per heavy atom. The van der Waals surface area contributed by atoms with E-state index < -0.39 is 0 Å². The molecule has 0 saturated carbocycles. The quantitative estimate of drug-likeness (QED) is 0.383. The van der Waals surface area contributed by atoms with Crippen LogP contribution in [0.5, 0.6) is 0 Å². The lowest BCUT2D eigenvalue weighted by molar-refractivity contribution is 0.626. The van der Waals surface area contributed by atoms with Crippen molar-refractivity contribution >= 4 is 33.9 Å². The van der Waals surface area contributed by atoms with Crippen LogP contribution in [0.3, 0.4) is 0 Å². The highest BCUT2D eigenvalue weighted by molar-refractivity contribution is 5.92. The Balaban J connectivity index is 1.57. The maximum Gasteiger partial charge on any atom is 0.184 e. The molecule has 0 amide bonds. The lowest BCUT2D eigenvalue weighted by atomic mass is 10.2. The highest BCUT2D eigenvalue weighted by Crippen LogP contribution is 2.33. The number of anilines is 2. The molecule has 2 aromatic carbocycles. The van der Waals surface area contributed by atoms with Gasteiger partial charge in [-0.15, -0.1) is 5.11 Å². The number of azo groups is 1. The first kappa shape index (κ1) is 20.2. The fourth-order valence-corrected chi connectivity index (χ4v) is 3.40. The molecule has 5 rings (SSSR count). The second-order valence-electron chi connectivity index (χ2n) is 7.23. The van der Waals surface area contributed by atoms with Crippen LogP contribution in [0.2, 0.25) is 0 Å². The van der Waals surface area contributed by atoms with Crippen LogP contribution in [0.1, 0.15) is 5.56 Å². The third-order valence-corrected chi connectivity index (χ3v) is 4.94. The smallest absolute Gasteiger partial charge is 0.184 e. The molecule has 0 aliphatic rings. The predicted octanol–water partition coefficient (Wildman–Crippen LogP) is 4.66. The van der Waals surface area contributed by atoms with Gasteiger partial charge >= 0.3 is 0 Å². The van der Waals surface area contributed by atoms with E-state index in [-0.39, 0.29) is 29.0 Å². The van der Waals surface area contributed by atoms with Gasteiger partial charge in [-0.3, -0.25) is 9.67 Å². The van der Waals surface area contributed by atoms with Crippen molar-refractivity contribution in [3.05, 3.63) is 84.4 Å². The number of pyridine rings is 1. The van der Waals surface area contributed by atoms with E-state index in [0.717, 1.165) is 5.56 Å². The highest BCUT2D eigenvalue weighted by Gasteiger charge is 2.19. The summed E-state index contributed by atoms with van der Waals surface area (Å²) < 4.78 is 15.7. The van der Waals surface area contributed by atoms with E-state index in [0.29, 0.717) is 28.8 Å². The first-order valence-electron chi connectivity index (χ1n) is 10.0. The van der Waals surface area contributed by atoms with E-state index in [4.69, 9.17) is 11.5 Å². The van der Waals surface area contributed by atoms with E-state index >= 15 is 0 Å². The van der Waals surface area contributed by atoms with Gasteiger partial charge in [0.15, 0.2) is 23.1 Å². The Bertz CT molecular complexity index is 1440. The molecule has 162 valence electrons. The van der Waals surface area contributed by atoms with Crippen molar-refractivity contribution in [2.75, 3.05) is 11.5 Å². The topological polar surface area (TPSA) is 133 Å². The zero-order valence-electron chi connectivity index (χ0n) is 17.3. The molecule has 5 aromatic rings. The molecule has 0 aliphatic heterocycles. The maximum atomic E-state index is 14.0. The van der Waals surface area contributed by atoms with E-state index in [1.54, 1.807) is 35.3 Å². The molecule has 0 fully saturated rings. The van der Waals surface area contributed by atoms with Crippen LogP contribution in [-0.2, 0) is 6.54 Å². The van der Waals surface area contributed by atoms with Crippen molar-refractivity contribution in [3.8, 4) is 11.5 Å². The van der Waals surface area contributed by atoms with Crippen molar-refractivity contribution in [2.24, 2.45) is 10.2 Å². The van der Waals surface area contributed by atoms with Gasteiger partial charge in [0.05, 0.1) is 17.7 Å². The van der Waals surface area contributed by atoms with Gasteiger partial charge in [-0.2, -0.15) is 10.2 Å². The summed E-state index contributed by atoms with van der Waals surface area (Å²) in [5.41, 5.74) is 15.0. The second-order valence-corrected chi connectivity index (χ2v) is 7.23. The summed E-state index contributed by atoms with van der Waals surface area (Å²) in [5, 5.41) is 13.5. The summed E-state index contributed by atoms with van der Waals surface area (Å²) in [4.78, 5) is 12.8. The molecule has 0 saturated heterocycles. The third kappa shape index (κ3) is 4.09. The Morgan fingerprint density at radius 3 is 2.42 bits per heavy atom. The van der Waals surface area contributed by atoms with E-state index in [9.17, 15) is 4.39 Å². The number of nitrogens with two attached hydrogens (primary N) is 2. The van der Waals surface area contributed by atoms with Gasteiger partial charge in [-0.25, -0.2) is 14.4 Å². The monoisotopic (exact) mass is 439 g/mol. The number of hydrogen-bond acceptors (Lipinski definition) is 8. The fourth-order valence-electron chi connectivity index (χ4n) is 3.40. The molecule has 0 radical (unpaired) electrons. The molecule has 33 heavy (non-hydrogen) atoms. The summed E-state index contributed by atoms with van der Waals surface area (Å²) in [6.45, 7) is 0.391. The third-order valence-electron chi connectivity index (χ3n) is 4.94. The van der Waals surface area contributed by atoms with Crippen LogP contribution in [-0.4, -0.2) is 24.7 Å². The molecular weight excluding hydrogens is 421 g/mol. The van der Waals surface area contributed by atoms with Crippen LogP contribution in [0.25, 0.3) is 22.4 Å². The van der Waals surface area contributed by atoms with Gasteiger partial charge in [-0.1, -0.05) is 24.3 Å². The Kier molecular flexibility index (Phi) is 5.15. The van der Waals surface area contributed by atoms with Crippen LogP contribution in [0.4, 0.5) is 27.4 Å². The van der Waals surface area contributed by atoms with Gasteiger partial charge in [0.25, 0.3) is 0 Å². The summed E-state index contributed by atoms with van der Waals surface area (Å²) in [5.74, 6) is -0.0354. The van der Waals surface area contributed by atoms with Crippen molar-refractivity contribution in [3.63, 3.8) is 0 Å². The number of hydrogen-bond donors (Lipinski definition) is 2. The van der Waals surface area contributed by atoms with Crippen molar-refractivity contribution < 1.29 is 4.39 Å².